The van der Waals surface area contributed by atoms with Gasteiger partial charge in [0.1, 0.15) is 0 Å². The molecule has 2 rings (SSSR count). The molecule has 2 aliphatic rings. The number of hydrogen-bond donors (Lipinski definition) is 1. The second-order valence-corrected chi connectivity index (χ2v) is 5.09. The van der Waals surface area contributed by atoms with Gasteiger partial charge in [-0.05, 0) is 17.9 Å². The van der Waals surface area contributed by atoms with Crippen LogP contribution in [0.15, 0.2) is 23.8 Å². The van der Waals surface area contributed by atoms with Crippen molar-refractivity contribution in [2.45, 2.75) is 25.8 Å². The maximum atomic E-state index is 10.9. The van der Waals surface area contributed by atoms with Crippen molar-refractivity contribution >= 4 is 5.91 Å². The molecular formula is C14H22N2O2. The summed E-state index contributed by atoms with van der Waals surface area (Å²) in [6.45, 7) is 5.73. The Labute approximate surface area is 108 Å². The molecule has 4 heteroatoms. The van der Waals surface area contributed by atoms with E-state index in [2.05, 4.69) is 30.1 Å². The summed E-state index contributed by atoms with van der Waals surface area (Å²) in [6, 6.07) is 0.485. The van der Waals surface area contributed by atoms with Gasteiger partial charge in [-0.25, -0.2) is 0 Å². The Kier molecular flexibility index (Phi) is 4.55. The van der Waals surface area contributed by atoms with Gasteiger partial charge in [0.2, 0.25) is 5.91 Å². The van der Waals surface area contributed by atoms with Gasteiger partial charge in [0.15, 0.2) is 0 Å². The average molecular weight is 250 g/mol. The zero-order valence-corrected chi connectivity index (χ0v) is 11.0. The molecule has 1 amide bonds. The Balaban J connectivity index is 1.87. The van der Waals surface area contributed by atoms with Crippen LogP contribution < -0.4 is 5.73 Å². The van der Waals surface area contributed by atoms with Crippen molar-refractivity contribution < 1.29 is 9.53 Å². The van der Waals surface area contributed by atoms with Crippen LogP contribution in [-0.4, -0.2) is 43.2 Å². The van der Waals surface area contributed by atoms with Crippen molar-refractivity contribution in [2.75, 3.05) is 26.3 Å². The van der Waals surface area contributed by atoms with Gasteiger partial charge in [0, 0.05) is 25.6 Å². The van der Waals surface area contributed by atoms with Gasteiger partial charge in [-0.3, -0.25) is 9.69 Å². The van der Waals surface area contributed by atoms with Gasteiger partial charge in [0.25, 0.3) is 0 Å². The summed E-state index contributed by atoms with van der Waals surface area (Å²) >= 11 is 0. The summed E-state index contributed by atoms with van der Waals surface area (Å²) in [4.78, 5) is 13.4. The number of ether oxygens (including phenoxy) is 1. The molecule has 1 fully saturated rings. The first-order valence-corrected chi connectivity index (χ1v) is 6.65. The van der Waals surface area contributed by atoms with Gasteiger partial charge < -0.3 is 10.5 Å². The van der Waals surface area contributed by atoms with E-state index in [9.17, 15) is 4.79 Å². The molecular weight excluding hydrogens is 228 g/mol. The second-order valence-electron chi connectivity index (χ2n) is 5.09. The Bertz CT molecular complexity index is 357. The third-order valence-electron chi connectivity index (χ3n) is 3.70. The molecule has 0 radical (unpaired) electrons. The fraction of sp³-hybridized carbons (Fsp3) is 0.643. The number of amides is 1. The minimum Gasteiger partial charge on any atom is -0.379 e. The highest BCUT2D eigenvalue weighted by Gasteiger charge is 2.21. The summed E-state index contributed by atoms with van der Waals surface area (Å²) in [5.41, 5.74) is 6.47. The predicted octanol–water partition coefficient (Wildman–Crippen LogP) is 1.08. The number of rotatable bonds is 4. The highest BCUT2D eigenvalue weighted by atomic mass is 16.5. The number of carbonyl (C=O) groups is 1. The number of morpholine rings is 1. The smallest absolute Gasteiger partial charge is 0.218 e. The molecule has 18 heavy (non-hydrogen) atoms. The lowest BCUT2D eigenvalue weighted by atomic mass is 9.91. The molecule has 1 aliphatic heterocycles. The zero-order valence-electron chi connectivity index (χ0n) is 11.0. The minimum atomic E-state index is -0.230. The lowest BCUT2D eigenvalue weighted by Crippen LogP contribution is -2.43. The first kappa shape index (κ1) is 13.3. The number of allylic oxidation sites excluding steroid dienone is 2. The van der Waals surface area contributed by atoms with Gasteiger partial charge in [-0.2, -0.15) is 0 Å². The van der Waals surface area contributed by atoms with Crippen LogP contribution in [-0.2, 0) is 9.53 Å². The van der Waals surface area contributed by atoms with Crippen molar-refractivity contribution in [1.29, 1.82) is 0 Å². The monoisotopic (exact) mass is 250 g/mol. The number of hydrogen-bond acceptors (Lipinski definition) is 3. The molecule has 1 aliphatic carbocycles. The maximum Gasteiger partial charge on any atom is 0.218 e. The SMILES string of the molecule is CC(CC(N)=O)C1=CCC(N2CCOCC2)C=C1. The van der Waals surface area contributed by atoms with Gasteiger partial charge in [-0.1, -0.05) is 25.2 Å². The number of nitrogens with two attached hydrogens (primary N) is 1. The first-order valence-electron chi connectivity index (χ1n) is 6.65. The van der Waals surface area contributed by atoms with E-state index in [1.807, 2.05) is 0 Å². The molecule has 2 unspecified atom stereocenters. The highest BCUT2D eigenvalue weighted by molar-refractivity contribution is 5.74. The Morgan fingerprint density at radius 1 is 1.56 bits per heavy atom. The van der Waals surface area contributed by atoms with Crippen LogP contribution in [0.4, 0.5) is 0 Å². The summed E-state index contributed by atoms with van der Waals surface area (Å²) in [5.74, 6) is -0.00325. The summed E-state index contributed by atoms with van der Waals surface area (Å²) in [7, 11) is 0. The summed E-state index contributed by atoms with van der Waals surface area (Å²) in [6.07, 6.45) is 8.09. The van der Waals surface area contributed by atoms with Crippen LogP contribution in [0.2, 0.25) is 0 Å². The molecule has 1 heterocycles. The van der Waals surface area contributed by atoms with E-state index in [1.165, 1.54) is 5.57 Å². The van der Waals surface area contributed by atoms with Crippen LogP contribution >= 0.6 is 0 Å². The van der Waals surface area contributed by atoms with E-state index in [-0.39, 0.29) is 11.8 Å². The van der Waals surface area contributed by atoms with Gasteiger partial charge in [0.05, 0.1) is 13.2 Å². The van der Waals surface area contributed by atoms with Crippen LogP contribution in [0.1, 0.15) is 19.8 Å². The van der Waals surface area contributed by atoms with Crippen LogP contribution in [0.25, 0.3) is 0 Å². The molecule has 2 N–H and O–H groups in total. The lowest BCUT2D eigenvalue weighted by molar-refractivity contribution is -0.118. The third-order valence-corrected chi connectivity index (χ3v) is 3.70. The Morgan fingerprint density at radius 2 is 2.28 bits per heavy atom. The lowest BCUT2D eigenvalue weighted by Gasteiger charge is -2.34. The normalized spacial score (nSPS) is 26.7. The molecule has 0 aromatic heterocycles. The molecule has 4 nitrogen and oxygen atoms in total. The molecule has 100 valence electrons. The Morgan fingerprint density at radius 3 is 2.83 bits per heavy atom. The van der Waals surface area contributed by atoms with Gasteiger partial charge >= 0.3 is 0 Å². The van der Waals surface area contributed by atoms with E-state index in [4.69, 9.17) is 10.5 Å². The molecule has 0 bridgehead atoms. The van der Waals surface area contributed by atoms with Crippen molar-refractivity contribution in [3.05, 3.63) is 23.8 Å². The predicted molar refractivity (Wildman–Crippen MR) is 71.0 cm³/mol. The van der Waals surface area contributed by atoms with Crippen molar-refractivity contribution in [3.63, 3.8) is 0 Å². The molecule has 2 atom stereocenters. The molecule has 0 aromatic rings. The van der Waals surface area contributed by atoms with Crippen molar-refractivity contribution in [1.82, 2.24) is 4.90 Å². The quantitative estimate of drug-likeness (QED) is 0.812. The van der Waals surface area contributed by atoms with Gasteiger partial charge in [-0.15, -0.1) is 0 Å². The summed E-state index contributed by atoms with van der Waals surface area (Å²) in [5, 5.41) is 0. The minimum absolute atomic E-state index is 0.226. The molecule has 0 spiro atoms. The van der Waals surface area contributed by atoms with E-state index < -0.39 is 0 Å². The zero-order chi connectivity index (χ0) is 13.0. The van der Waals surface area contributed by atoms with E-state index in [0.717, 1.165) is 32.7 Å². The molecule has 1 saturated heterocycles. The number of carbonyl (C=O) groups excluding carboxylic acids is 1. The highest BCUT2D eigenvalue weighted by Crippen LogP contribution is 2.23. The second kappa shape index (κ2) is 6.16. The largest absolute Gasteiger partial charge is 0.379 e. The average Bonchev–Trinajstić information content (AvgIpc) is 2.39. The van der Waals surface area contributed by atoms with E-state index in [1.54, 1.807) is 0 Å². The number of primary amides is 1. The first-order chi connectivity index (χ1) is 8.66. The maximum absolute atomic E-state index is 10.9. The topological polar surface area (TPSA) is 55.6 Å². The number of nitrogens with zero attached hydrogens (tertiary/aromatic N) is 1. The van der Waals surface area contributed by atoms with Crippen LogP contribution in [0.3, 0.4) is 0 Å². The standard InChI is InChI=1S/C14H22N2O2/c1-11(10-14(15)17)12-2-4-13(5-3-12)16-6-8-18-9-7-16/h2-4,11,13H,5-10H2,1H3,(H2,15,17). The van der Waals surface area contributed by atoms with Crippen molar-refractivity contribution in [2.24, 2.45) is 11.7 Å². The third kappa shape index (κ3) is 3.43. The Hall–Kier alpha value is -1.13. The fourth-order valence-corrected chi connectivity index (χ4v) is 2.59. The van der Waals surface area contributed by atoms with Crippen molar-refractivity contribution in [3.8, 4) is 0 Å². The molecule has 0 saturated carbocycles. The van der Waals surface area contributed by atoms with E-state index >= 15 is 0 Å². The summed E-state index contributed by atoms with van der Waals surface area (Å²) < 4.78 is 5.36. The van der Waals surface area contributed by atoms with E-state index in [0.29, 0.717) is 12.5 Å². The fourth-order valence-electron chi connectivity index (χ4n) is 2.59. The molecule has 0 aromatic carbocycles. The van der Waals surface area contributed by atoms with Crippen LogP contribution in [0.5, 0.6) is 0 Å². The van der Waals surface area contributed by atoms with Crippen LogP contribution in [0, 0.1) is 5.92 Å².